The number of halogens is 2. The molecule has 2 aromatic carbocycles. The smallest absolute Gasteiger partial charge is 0.407 e. The zero-order valence-corrected chi connectivity index (χ0v) is 19.0. The molecule has 9 heteroatoms. The number of carboxylic acid groups (broad SMARTS) is 1. The van der Waals surface area contributed by atoms with E-state index in [4.69, 9.17) is 9.84 Å². The Morgan fingerprint density at radius 1 is 1.03 bits per heavy atom. The molecule has 0 bridgehead atoms. The first kappa shape index (κ1) is 23.3. The summed E-state index contributed by atoms with van der Waals surface area (Å²) in [6.07, 6.45) is 0.0654. The van der Waals surface area contributed by atoms with E-state index in [1.54, 1.807) is 0 Å². The minimum Gasteiger partial charge on any atom is -0.481 e. The van der Waals surface area contributed by atoms with Crippen LogP contribution in [-0.2, 0) is 14.3 Å². The van der Waals surface area contributed by atoms with Gasteiger partial charge in [0.25, 0.3) is 5.91 Å². The van der Waals surface area contributed by atoms with Gasteiger partial charge in [0.15, 0.2) is 0 Å². The lowest BCUT2D eigenvalue weighted by Gasteiger charge is -2.30. The van der Waals surface area contributed by atoms with Crippen LogP contribution in [0.2, 0.25) is 0 Å². The Balaban J connectivity index is 1.26. The van der Waals surface area contributed by atoms with Gasteiger partial charge in [0.05, 0.1) is 5.92 Å². The topological polar surface area (TPSA) is 95.9 Å². The number of ether oxygens (including phenoxy) is 1. The molecule has 1 saturated heterocycles. The number of fused-ring (bicyclic) bond motifs is 3. The Labute approximate surface area is 201 Å². The van der Waals surface area contributed by atoms with Crippen molar-refractivity contribution in [1.82, 2.24) is 10.2 Å². The first-order chi connectivity index (χ1) is 16.8. The maximum Gasteiger partial charge on any atom is 0.407 e. The van der Waals surface area contributed by atoms with E-state index in [0.29, 0.717) is 12.8 Å². The van der Waals surface area contributed by atoms with Crippen molar-refractivity contribution in [3.05, 3.63) is 59.7 Å². The van der Waals surface area contributed by atoms with Crippen LogP contribution >= 0.6 is 0 Å². The molecule has 1 aliphatic heterocycles. The number of nitrogens with zero attached hydrogens (tertiary/aromatic N) is 1. The summed E-state index contributed by atoms with van der Waals surface area (Å²) in [6, 6.07) is 13.9. The second-order valence-electron chi connectivity index (χ2n) is 9.48. The van der Waals surface area contributed by atoms with Crippen molar-refractivity contribution in [3.8, 4) is 11.1 Å². The predicted molar refractivity (Wildman–Crippen MR) is 122 cm³/mol. The Kier molecular flexibility index (Phi) is 5.94. The van der Waals surface area contributed by atoms with Crippen molar-refractivity contribution in [3.63, 3.8) is 0 Å². The highest BCUT2D eigenvalue weighted by atomic mass is 19.3. The lowest BCUT2D eigenvalue weighted by molar-refractivity contribution is -0.161. The van der Waals surface area contributed by atoms with Crippen LogP contribution in [0.4, 0.5) is 13.6 Å². The van der Waals surface area contributed by atoms with Crippen LogP contribution < -0.4 is 5.32 Å². The number of hydrogen-bond donors (Lipinski definition) is 2. The molecular weight excluding hydrogens is 458 g/mol. The van der Waals surface area contributed by atoms with Gasteiger partial charge >= 0.3 is 18.0 Å². The van der Waals surface area contributed by atoms with E-state index in [9.17, 15) is 14.4 Å². The summed E-state index contributed by atoms with van der Waals surface area (Å²) in [5.41, 5.74) is 4.11. The van der Waals surface area contributed by atoms with Gasteiger partial charge in [-0.05, 0) is 47.4 Å². The number of likely N-dealkylation sites (tertiary alicyclic amines) is 1. The van der Waals surface area contributed by atoms with E-state index in [1.165, 1.54) is 0 Å². The molecule has 2 amide bonds. The zero-order valence-electron chi connectivity index (χ0n) is 19.0. The second-order valence-corrected chi connectivity index (χ2v) is 9.48. The molecule has 1 heterocycles. The molecule has 2 unspecified atom stereocenters. The Bertz CT molecular complexity index is 1120. The molecular formula is C26H26F2N2O5. The van der Waals surface area contributed by atoms with Gasteiger partial charge in [-0.15, -0.1) is 0 Å². The number of rotatable bonds is 7. The lowest BCUT2D eigenvalue weighted by Crippen LogP contribution is -2.57. The normalized spacial score (nSPS) is 20.2. The molecule has 1 saturated carbocycles. The zero-order chi connectivity index (χ0) is 24.7. The first-order valence-electron chi connectivity index (χ1n) is 11.8. The van der Waals surface area contributed by atoms with E-state index in [2.05, 4.69) is 5.32 Å². The van der Waals surface area contributed by atoms with Crippen LogP contribution in [0.1, 0.15) is 36.3 Å². The molecule has 0 aromatic heterocycles. The molecule has 7 nitrogen and oxygen atoms in total. The third kappa shape index (κ3) is 4.35. The van der Waals surface area contributed by atoms with E-state index < -0.39 is 41.8 Å². The van der Waals surface area contributed by atoms with Crippen LogP contribution in [0.15, 0.2) is 48.5 Å². The summed E-state index contributed by atoms with van der Waals surface area (Å²) in [4.78, 5) is 37.3. The summed E-state index contributed by atoms with van der Waals surface area (Å²) >= 11 is 0. The highest BCUT2D eigenvalue weighted by Crippen LogP contribution is 2.45. The van der Waals surface area contributed by atoms with Crippen molar-refractivity contribution in [1.29, 1.82) is 0 Å². The summed E-state index contributed by atoms with van der Waals surface area (Å²) in [6.45, 7) is -0.330. The van der Waals surface area contributed by atoms with E-state index in [1.807, 2.05) is 48.5 Å². The van der Waals surface area contributed by atoms with Crippen LogP contribution in [0.3, 0.4) is 0 Å². The molecule has 5 rings (SSSR count). The fraction of sp³-hybridized carbons (Fsp3) is 0.423. The minimum absolute atomic E-state index is 0.0246. The summed E-state index contributed by atoms with van der Waals surface area (Å²) in [7, 11) is 0. The van der Waals surface area contributed by atoms with Gasteiger partial charge in [-0.2, -0.15) is 8.78 Å². The van der Waals surface area contributed by atoms with Crippen molar-refractivity contribution >= 4 is 18.0 Å². The van der Waals surface area contributed by atoms with Crippen LogP contribution in [-0.4, -0.2) is 59.6 Å². The van der Waals surface area contributed by atoms with E-state index >= 15 is 8.78 Å². The number of benzene rings is 2. The fourth-order valence-corrected chi connectivity index (χ4v) is 5.19. The van der Waals surface area contributed by atoms with Gasteiger partial charge < -0.3 is 20.1 Å². The fourth-order valence-electron chi connectivity index (χ4n) is 5.19. The molecule has 2 fully saturated rings. The molecule has 2 N–H and O–H groups in total. The SMILES string of the molecule is O=C(NC(C1CC1)C(F)(F)C(=O)N1CCC(C(=O)O)C1)OCC1c2ccccc2-c2ccccc21. The van der Waals surface area contributed by atoms with Crippen LogP contribution in [0.25, 0.3) is 11.1 Å². The number of hydrogen-bond acceptors (Lipinski definition) is 4. The molecule has 35 heavy (non-hydrogen) atoms. The first-order valence-corrected chi connectivity index (χ1v) is 11.8. The summed E-state index contributed by atoms with van der Waals surface area (Å²) in [5.74, 6) is -8.03. The number of aliphatic carboxylic acids is 1. The highest BCUT2D eigenvalue weighted by Gasteiger charge is 2.56. The Morgan fingerprint density at radius 3 is 2.17 bits per heavy atom. The number of carboxylic acids is 1. The van der Waals surface area contributed by atoms with Gasteiger partial charge in [-0.3, -0.25) is 9.59 Å². The number of alkyl carbamates (subject to hydrolysis) is 1. The van der Waals surface area contributed by atoms with Crippen LogP contribution in [0.5, 0.6) is 0 Å². The maximum absolute atomic E-state index is 15.2. The molecule has 0 radical (unpaired) electrons. The number of carbonyl (C=O) groups excluding carboxylic acids is 2. The predicted octanol–water partition coefficient (Wildman–Crippen LogP) is 3.87. The monoisotopic (exact) mass is 484 g/mol. The quantitative estimate of drug-likeness (QED) is 0.622. The molecule has 2 aromatic rings. The Hall–Kier alpha value is -3.49. The average molecular weight is 484 g/mol. The van der Waals surface area contributed by atoms with Gasteiger partial charge in [0.1, 0.15) is 12.6 Å². The van der Waals surface area contributed by atoms with Gasteiger partial charge in [0.2, 0.25) is 0 Å². The van der Waals surface area contributed by atoms with Crippen molar-refractivity contribution in [2.24, 2.45) is 11.8 Å². The van der Waals surface area contributed by atoms with Crippen molar-refractivity contribution in [2.45, 2.75) is 37.1 Å². The number of nitrogens with one attached hydrogen (secondary N) is 1. The standard InChI is InChI=1S/C26H26F2N2O5/c27-26(28,24(33)30-12-11-16(13-30)23(31)32)22(15-9-10-15)29-25(34)35-14-21-19-7-3-1-5-17(19)18-6-2-4-8-20(18)21/h1-8,15-16,21-22H,9-14H2,(H,29,34)(H,31,32). The summed E-state index contributed by atoms with van der Waals surface area (Å²) in [5, 5.41) is 11.4. The van der Waals surface area contributed by atoms with E-state index in [0.717, 1.165) is 27.2 Å². The molecule has 0 spiro atoms. The number of alkyl halides is 2. The average Bonchev–Trinajstić information content (AvgIpc) is 3.46. The van der Waals surface area contributed by atoms with Crippen molar-refractivity contribution < 1.29 is 33.0 Å². The molecule has 2 atom stereocenters. The molecule has 3 aliphatic rings. The lowest BCUT2D eigenvalue weighted by atomic mass is 9.98. The highest BCUT2D eigenvalue weighted by molar-refractivity contribution is 5.86. The summed E-state index contributed by atoms with van der Waals surface area (Å²) < 4.78 is 35.9. The minimum atomic E-state index is -3.86. The molecule has 184 valence electrons. The van der Waals surface area contributed by atoms with Crippen LogP contribution in [0, 0.1) is 11.8 Å². The number of carbonyl (C=O) groups is 3. The maximum atomic E-state index is 15.2. The molecule has 2 aliphatic carbocycles. The van der Waals surface area contributed by atoms with Crippen molar-refractivity contribution in [2.75, 3.05) is 19.7 Å². The van der Waals surface area contributed by atoms with Gasteiger partial charge in [0, 0.05) is 19.0 Å². The second kappa shape index (κ2) is 8.94. The van der Waals surface area contributed by atoms with Gasteiger partial charge in [-0.25, -0.2) is 4.79 Å². The Morgan fingerprint density at radius 2 is 1.63 bits per heavy atom. The van der Waals surface area contributed by atoms with E-state index in [-0.39, 0.29) is 32.0 Å². The largest absolute Gasteiger partial charge is 0.481 e. The third-order valence-electron chi connectivity index (χ3n) is 7.21. The van der Waals surface area contributed by atoms with Gasteiger partial charge in [-0.1, -0.05) is 48.5 Å². The third-order valence-corrected chi connectivity index (χ3v) is 7.21. The number of amides is 2.